The topological polar surface area (TPSA) is 9.23 Å². The maximum absolute atomic E-state index is 5.88. The van der Waals surface area contributed by atoms with E-state index in [1.807, 2.05) is 7.11 Å². The Morgan fingerprint density at radius 3 is 2.00 bits per heavy atom. The number of rotatable bonds is 2. The third-order valence-corrected chi connectivity index (χ3v) is 4.15. The van der Waals surface area contributed by atoms with Crippen LogP contribution in [-0.4, -0.2) is 12.7 Å². The van der Waals surface area contributed by atoms with E-state index in [1.165, 1.54) is 64.2 Å². The van der Waals surface area contributed by atoms with Gasteiger partial charge in [-0.15, -0.1) is 0 Å². The van der Waals surface area contributed by atoms with Gasteiger partial charge >= 0.3 is 0 Å². The van der Waals surface area contributed by atoms with Crippen molar-refractivity contribution in [2.75, 3.05) is 7.11 Å². The fourth-order valence-electron chi connectivity index (χ4n) is 3.26. The van der Waals surface area contributed by atoms with Crippen molar-refractivity contribution >= 4 is 0 Å². The molecule has 0 saturated heterocycles. The molecule has 2 aliphatic carbocycles. The smallest absolute Gasteiger partial charge is 0.0741 e. The average Bonchev–Trinajstić information content (AvgIpc) is 2.31. The van der Waals surface area contributed by atoms with Gasteiger partial charge in [-0.3, -0.25) is 0 Å². The number of ether oxygens (including phenoxy) is 1. The maximum Gasteiger partial charge on any atom is 0.0741 e. The largest absolute Gasteiger partial charge is 0.378 e. The van der Waals surface area contributed by atoms with Crippen LogP contribution < -0.4 is 0 Å². The normalized spacial score (nSPS) is 28.9. The van der Waals surface area contributed by atoms with Crippen LogP contribution in [0.3, 0.4) is 0 Å². The first-order valence-corrected chi connectivity index (χ1v) is 6.28. The maximum atomic E-state index is 5.88. The van der Waals surface area contributed by atoms with Crippen LogP contribution in [0.1, 0.15) is 64.2 Å². The van der Waals surface area contributed by atoms with Gasteiger partial charge in [0.15, 0.2) is 0 Å². The van der Waals surface area contributed by atoms with Crippen LogP contribution in [0.4, 0.5) is 0 Å². The molecule has 0 aromatic rings. The summed E-state index contributed by atoms with van der Waals surface area (Å²) in [6, 6.07) is 0. The van der Waals surface area contributed by atoms with E-state index in [-0.39, 0.29) is 5.60 Å². The first-order valence-electron chi connectivity index (χ1n) is 6.28. The van der Waals surface area contributed by atoms with Crippen molar-refractivity contribution in [2.24, 2.45) is 0 Å². The molecular weight excluding hydrogens is 172 g/mol. The summed E-state index contributed by atoms with van der Waals surface area (Å²) in [6.45, 7) is 0. The van der Waals surface area contributed by atoms with Crippen LogP contribution in [0.5, 0.6) is 0 Å². The summed E-state index contributed by atoms with van der Waals surface area (Å²) in [6.07, 6.45) is 13.7. The Hall–Kier alpha value is -0.0400. The van der Waals surface area contributed by atoms with Crippen molar-refractivity contribution in [3.05, 3.63) is 5.92 Å². The van der Waals surface area contributed by atoms with Crippen LogP contribution >= 0.6 is 0 Å². The first-order chi connectivity index (χ1) is 6.87. The van der Waals surface area contributed by atoms with Gasteiger partial charge in [-0.25, -0.2) is 0 Å². The van der Waals surface area contributed by atoms with Crippen LogP contribution in [0.15, 0.2) is 0 Å². The molecule has 0 aromatic carbocycles. The summed E-state index contributed by atoms with van der Waals surface area (Å²) in [7, 11) is 1.92. The molecule has 14 heavy (non-hydrogen) atoms. The van der Waals surface area contributed by atoms with Gasteiger partial charge in [0.1, 0.15) is 0 Å². The van der Waals surface area contributed by atoms with Gasteiger partial charge in [0.25, 0.3) is 0 Å². The van der Waals surface area contributed by atoms with Gasteiger partial charge < -0.3 is 4.74 Å². The van der Waals surface area contributed by atoms with E-state index in [9.17, 15) is 0 Å². The summed E-state index contributed by atoms with van der Waals surface area (Å²) in [5.41, 5.74) is 0.207. The second-order valence-corrected chi connectivity index (χ2v) is 4.92. The Balaban J connectivity index is 2.01. The number of hydrogen-bond donors (Lipinski definition) is 0. The van der Waals surface area contributed by atoms with E-state index in [2.05, 4.69) is 0 Å². The fraction of sp³-hybridized carbons (Fsp3) is 0.923. The molecule has 0 aromatic heterocycles. The zero-order valence-corrected chi connectivity index (χ0v) is 9.48. The Kier molecular flexibility index (Phi) is 3.48. The monoisotopic (exact) mass is 195 g/mol. The van der Waals surface area contributed by atoms with Crippen molar-refractivity contribution in [1.29, 1.82) is 0 Å². The van der Waals surface area contributed by atoms with Crippen LogP contribution in [-0.2, 0) is 4.74 Å². The molecule has 2 rings (SSSR count). The zero-order chi connectivity index (χ0) is 9.86. The number of hydrogen-bond acceptors (Lipinski definition) is 1. The van der Waals surface area contributed by atoms with Crippen LogP contribution in [0.25, 0.3) is 0 Å². The minimum Gasteiger partial charge on any atom is -0.378 e. The third kappa shape index (κ3) is 1.98. The lowest BCUT2D eigenvalue weighted by molar-refractivity contribution is -0.0355. The second-order valence-electron chi connectivity index (χ2n) is 4.92. The first kappa shape index (κ1) is 10.5. The lowest BCUT2D eigenvalue weighted by atomic mass is 9.70. The fourth-order valence-corrected chi connectivity index (χ4v) is 3.26. The molecule has 0 bridgehead atoms. The quantitative estimate of drug-likeness (QED) is 0.650. The van der Waals surface area contributed by atoms with Crippen molar-refractivity contribution in [3.63, 3.8) is 0 Å². The molecule has 2 saturated carbocycles. The Bertz CT molecular complexity index is 164. The van der Waals surface area contributed by atoms with Crippen molar-refractivity contribution in [1.82, 2.24) is 0 Å². The highest BCUT2D eigenvalue weighted by Crippen LogP contribution is 2.45. The van der Waals surface area contributed by atoms with Gasteiger partial charge in [0.2, 0.25) is 0 Å². The molecule has 0 amide bonds. The van der Waals surface area contributed by atoms with Crippen LogP contribution in [0, 0.1) is 5.92 Å². The summed E-state index contributed by atoms with van der Waals surface area (Å²) in [5.74, 6) is 1.74. The molecule has 0 aliphatic heterocycles. The summed E-state index contributed by atoms with van der Waals surface area (Å²) in [4.78, 5) is 0. The van der Waals surface area contributed by atoms with Crippen molar-refractivity contribution < 1.29 is 4.74 Å². The molecule has 1 heteroatoms. The molecule has 0 unspecified atom stereocenters. The molecule has 0 atom stereocenters. The molecule has 1 radical (unpaired) electrons. The Morgan fingerprint density at radius 2 is 1.43 bits per heavy atom. The molecule has 2 aliphatic rings. The second kappa shape index (κ2) is 4.65. The van der Waals surface area contributed by atoms with Gasteiger partial charge in [0, 0.05) is 13.0 Å². The van der Waals surface area contributed by atoms with Crippen molar-refractivity contribution in [2.45, 2.75) is 69.8 Å². The van der Waals surface area contributed by atoms with E-state index >= 15 is 0 Å². The predicted octanol–water partition coefficient (Wildman–Crippen LogP) is 3.87. The number of methoxy groups -OCH3 is 1. The van der Waals surface area contributed by atoms with Crippen LogP contribution in [0.2, 0.25) is 0 Å². The minimum atomic E-state index is 0.207. The van der Waals surface area contributed by atoms with E-state index in [4.69, 9.17) is 4.74 Å². The zero-order valence-electron chi connectivity index (χ0n) is 9.48. The standard InChI is InChI=1S/C13H23O/c1-14-13(10-6-3-7-11-13)12-8-4-2-5-9-12/h2-11H2,1H3. The highest BCUT2D eigenvalue weighted by atomic mass is 16.5. The Labute approximate surface area is 88.2 Å². The van der Waals surface area contributed by atoms with Gasteiger partial charge in [-0.05, 0) is 25.7 Å². The lowest BCUT2D eigenvalue weighted by Crippen LogP contribution is -2.41. The van der Waals surface area contributed by atoms with E-state index in [0.717, 1.165) is 0 Å². The molecule has 1 nitrogen and oxygen atoms in total. The summed E-state index contributed by atoms with van der Waals surface area (Å²) < 4.78 is 5.88. The SMILES string of the molecule is COC1([C]2CCCCC2)CCCCC1. The molecule has 2 fully saturated rings. The van der Waals surface area contributed by atoms with E-state index in [1.54, 1.807) is 5.92 Å². The highest BCUT2D eigenvalue weighted by Gasteiger charge is 2.40. The van der Waals surface area contributed by atoms with Crippen molar-refractivity contribution in [3.8, 4) is 0 Å². The average molecular weight is 195 g/mol. The van der Waals surface area contributed by atoms with Gasteiger partial charge in [-0.2, -0.15) is 0 Å². The van der Waals surface area contributed by atoms with Gasteiger partial charge in [0.05, 0.1) is 5.60 Å². The van der Waals surface area contributed by atoms with E-state index in [0.29, 0.717) is 0 Å². The molecule has 0 spiro atoms. The molecule has 0 N–H and O–H groups in total. The lowest BCUT2D eigenvalue weighted by Gasteiger charge is -2.43. The molecule has 0 heterocycles. The summed E-state index contributed by atoms with van der Waals surface area (Å²) >= 11 is 0. The molecular formula is C13H23O. The minimum absolute atomic E-state index is 0.207. The van der Waals surface area contributed by atoms with Gasteiger partial charge in [-0.1, -0.05) is 38.5 Å². The van der Waals surface area contributed by atoms with E-state index < -0.39 is 0 Å². The third-order valence-electron chi connectivity index (χ3n) is 4.15. The molecule has 81 valence electrons. The highest BCUT2D eigenvalue weighted by molar-refractivity contribution is 5.11. The predicted molar refractivity (Wildman–Crippen MR) is 59.2 cm³/mol. The Morgan fingerprint density at radius 1 is 0.857 bits per heavy atom. The summed E-state index contributed by atoms with van der Waals surface area (Å²) in [5, 5.41) is 0.